The van der Waals surface area contributed by atoms with Crippen LogP contribution in [-0.4, -0.2) is 0 Å². The van der Waals surface area contributed by atoms with Gasteiger partial charge in [0.25, 0.3) is 0 Å². The minimum absolute atomic E-state index is 0.895. The SMILES string of the molecule is c1cc(-c2ccc(N(c3ccc4oc5ccccc5c4c3)c3cccc4c3sc3ccccc34)cc2)cc(-c2cccc3ccccc23)c1. The predicted molar refractivity (Wildman–Crippen MR) is 210 cm³/mol. The minimum atomic E-state index is 0.895. The van der Waals surface area contributed by atoms with Crippen molar-refractivity contribution in [2.75, 3.05) is 4.90 Å². The van der Waals surface area contributed by atoms with Crippen LogP contribution in [0.5, 0.6) is 0 Å². The van der Waals surface area contributed by atoms with Crippen molar-refractivity contribution in [3.8, 4) is 22.3 Å². The zero-order valence-corrected chi connectivity index (χ0v) is 27.3. The maximum Gasteiger partial charge on any atom is 0.135 e. The van der Waals surface area contributed by atoms with Crippen LogP contribution in [0, 0.1) is 0 Å². The average Bonchev–Trinajstić information content (AvgIpc) is 3.74. The van der Waals surface area contributed by atoms with Crippen LogP contribution in [-0.2, 0) is 0 Å². The molecule has 0 aliphatic carbocycles. The van der Waals surface area contributed by atoms with E-state index in [0.717, 1.165) is 39.0 Å². The fraction of sp³-hybridized carbons (Fsp3) is 0. The third kappa shape index (κ3) is 4.62. The summed E-state index contributed by atoms with van der Waals surface area (Å²) < 4.78 is 8.79. The van der Waals surface area contributed by atoms with Gasteiger partial charge in [-0.2, -0.15) is 0 Å². The third-order valence-corrected chi connectivity index (χ3v) is 10.9. The Morgan fingerprint density at radius 2 is 1.08 bits per heavy atom. The largest absolute Gasteiger partial charge is 0.456 e. The second kappa shape index (κ2) is 11.2. The van der Waals surface area contributed by atoms with Crippen molar-refractivity contribution in [2.45, 2.75) is 0 Å². The Hall–Kier alpha value is -6.16. The van der Waals surface area contributed by atoms with E-state index in [1.54, 1.807) is 0 Å². The van der Waals surface area contributed by atoms with Gasteiger partial charge >= 0.3 is 0 Å². The molecule has 0 spiro atoms. The van der Waals surface area contributed by atoms with Crippen LogP contribution in [0.4, 0.5) is 17.1 Å². The van der Waals surface area contributed by atoms with Crippen molar-refractivity contribution in [3.63, 3.8) is 0 Å². The molecule has 0 N–H and O–H groups in total. The Morgan fingerprint density at radius 3 is 2.00 bits per heavy atom. The standard InChI is InChI=1S/C46H29NOS/c1-2-14-36-31(10-1)11-8-17-37(36)33-13-7-12-32(28-33)30-22-24-34(25-23-30)47(35-26-27-44-41(29-35)38-15-3-5-20-43(38)48-44)42-19-9-18-40-39-16-4-6-21-45(39)49-46(40)42/h1-29H. The number of thiophene rings is 1. The number of hydrogen-bond acceptors (Lipinski definition) is 3. The topological polar surface area (TPSA) is 16.4 Å². The summed E-state index contributed by atoms with van der Waals surface area (Å²) in [6.07, 6.45) is 0. The van der Waals surface area contributed by atoms with E-state index in [0.29, 0.717) is 0 Å². The molecule has 0 aliphatic heterocycles. The molecule has 2 aromatic heterocycles. The van der Waals surface area contributed by atoms with Gasteiger partial charge in [0, 0.05) is 37.6 Å². The number of rotatable bonds is 5. The Bertz CT molecular complexity index is 2840. The summed E-state index contributed by atoms with van der Waals surface area (Å²) in [4.78, 5) is 2.40. The Kier molecular flexibility index (Phi) is 6.39. The molecule has 2 nitrogen and oxygen atoms in total. The van der Waals surface area contributed by atoms with Crippen molar-refractivity contribution >= 4 is 81.3 Å². The van der Waals surface area contributed by atoms with Crippen molar-refractivity contribution < 1.29 is 4.42 Å². The molecule has 0 atom stereocenters. The molecule has 0 fully saturated rings. The van der Waals surface area contributed by atoms with Crippen LogP contribution in [0.25, 0.3) is 75.1 Å². The molecule has 0 radical (unpaired) electrons. The number of fused-ring (bicyclic) bond motifs is 7. The van der Waals surface area contributed by atoms with Gasteiger partial charge in [0.1, 0.15) is 11.2 Å². The van der Waals surface area contributed by atoms with Crippen LogP contribution < -0.4 is 4.90 Å². The predicted octanol–water partition coefficient (Wildman–Crippen LogP) is 13.9. The van der Waals surface area contributed by atoms with Crippen LogP contribution in [0.2, 0.25) is 0 Å². The summed E-state index contributed by atoms with van der Waals surface area (Å²) in [6, 6.07) is 63.3. The van der Waals surface area contributed by atoms with Crippen LogP contribution >= 0.6 is 11.3 Å². The number of furan rings is 1. The van der Waals surface area contributed by atoms with Gasteiger partial charge in [-0.3, -0.25) is 0 Å². The maximum absolute atomic E-state index is 6.22. The van der Waals surface area contributed by atoms with Crippen LogP contribution in [0.15, 0.2) is 180 Å². The first kappa shape index (κ1) is 27.9. The van der Waals surface area contributed by atoms with Gasteiger partial charge in [0.05, 0.1) is 10.4 Å². The first-order chi connectivity index (χ1) is 24.3. The highest BCUT2D eigenvalue weighted by Crippen LogP contribution is 2.46. The maximum atomic E-state index is 6.22. The first-order valence-corrected chi connectivity index (χ1v) is 17.4. The molecule has 2 heterocycles. The number of hydrogen-bond donors (Lipinski definition) is 0. The number of anilines is 3. The van der Waals surface area contributed by atoms with Crippen molar-refractivity contribution in [1.29, 1.82) is 0 Å². The second-order valence-corrected chi connectivity index (χ2v) is 13.6. The number of para-hydroxylation sites is 1. The van der Waals surface area contributed by atoms with Crippen molar-refractivity contribution in [1.82, 2.24) is 0 Å². The van der Waals surface area contributed by atoms with E-state index >= 15 is 0 Å². The van der Waals surface area contributed by atoms with Crippen LogP contribution in [0.1, 0.15) is 0 Å². The molecule has 0 saturated heterocycles. The van der Waals surface area contributed by atoms with E-state index in [1.165, 1.54) is 53.2 Å². The zero-order valence-electron chi connectivity index (χ0n) is 26.5. The Balaban J connectivity index is 1.12. The Morgan fingerprint density at radius 1 is 0.408 bits per heavy atom. The van der Waals surface area contributed by atoms with Gasteiger partial charge < -0.3 is 9.32 Å². The van der Waals surface area contributed by atoms with Crippen molar-refractivity contribution in [3.05, 3.63) is 176 Å². The van der Waals surface area contributed by atoms with Gasteiger partial charge in [-0.25, -0.2) is 0 Å². The summed E-state index contributed by atoms with van der Waals surface area (Å²) in [5, 5.41) is 7.34. The van der Waals surface area contributed by atoms with Gasteiger partial charge in [-0.05, 0) is 87.6 Å². The molecule has 10 rings (SSSR count). The molecule has 3 heteroatoms. The Labute approximate surface area is 287 Å². The molecule has 0 saturated carbocycles. The summed E-state index contributed by atoms with van der Waals surface area (Å²) in [5.74, 6) is 0. The van der Waals surface area contributed by atoms with E-state index in [9.17, 15) is 0 Å². The van der Waals surface area contributed by atoms with E-state index in [4.69, 9.17) is 4.42 Å². The molecule has 0 bridgehead atoms. The molecule has 230 valence electrons. The summed E-state index contributed by atoms with van der Waals surface area (Å²) in [5.41, 5.74) is 10.0. The fourth-order valence-electron chi connectivity index (χ4n) is 7.34. The summed E-state index contributed by atoms with van der Waals surface area (Å²) >= 11 is 1.85. The van der Waals surface area contributed by atoms with E-state index in [-0.39, 0.29) is 0 Å². The molecular formula is C46H29NOS. The second-order valence-electron chi connectivity index (χ2n) is 12.5. The van der Waals surface area contributed by atoms with E-state index in [1.807, 2.05) is 23.5 Å². The fourth-order valence-corrected chi connectivity index (χ4v) is 8.54. The van der Waals surface area contributed by atoms with E-state index in [2.05, 4.69) is 169 Å². The average molecular weight is 644 g/mol. The van der Waals surface area contributed by atoms with Gasteiger partial charge in [0.15, 0.2) is 0 Å². The summed E-state index contributed by atoms with van der Waals surface area (Å²) in [6.45, 7) is 0. The van der Waals surface area contributed by atoms with Crippen LogP contribution in [0.3, 0.4) is 0 Å². The van der Waals surface area contributed by atoms with Gasteiger partial charge in [0.2, 0.25) is 0 Å². The monoisotopic (exact) mass is 643 g/mol. The van der Waals surface area contributed by atoms with E-state index < -0.39 is 0 Å². The van der Waals surface area contributed by atoms with Gasteiger partial charge in [-0.15, -0.1) is 11.3 Å². The molecule has 0 aliphatic rings. The quantitative estimate of drug-likeness (QED) is 0.186. The highest BCUT2D eigenvalue weighted by molar-refractivity contribution is 7.26. The lowest BCUT2D eigenvalue weighted by atomic mass is 9.95. The lowest BCUT2D eigenvalue weighted by molar-refractivity contribution is 0.669. The van der Waals surface area contributed by atoms with Crippen molar-refractivity contribution in [2.24, 2.45) is 0 Å². The zero-order chi connectivity index (χ0) is 32.3. The molecule has 10 aromatic rings. The summed E-state index contributed by atoms with van der Waals surface area (Å²) in [7, 11) is 0. The molecule has 0 unspecified atom stereocenters. The molecular weight excluding hydrogens is 615 g/mol. The lowest BCUT2D eigenvalue weighted by Crippen LogP contribution is -2.10. The van der Waals surface area contributed by atoms with Gasteiger partial charge in [-0.1, -0.05) is 121 Å². The lowest BCUT2D eigenvalue weighted by Gasteiger charge is -2.26. The number of benzene rings is 8. The highest BCUT2D eigenvalue weighted by Gasteiger charge is 2.19. The smallest absolute Gasteiger partial charge is 0.135 e. The number of nitrogens with zero attached hydrogens (tertiary/aromatic N) is 1. The molecule has 49 heavy (non-hydrogen) atoms. The highest BCUT2D eigenvalue weighted by atomic mass is 32.1. The first-order valence-electron chi connectivity index (χ1n) is 16.6. The third-order valence-electron chi connectivity index (χ3n) is 9.66. The molecule has 8 aromatic carbocycles. The minimum Gasteiger partial charge on any atom is -0.456 e. The molecule has 0 amide bonds. The normalized spacial score (nSPS) is 11.7.